The van der Waals surface area contributed by atoms with Gasteiger partial charge in [-0.1, -0.05) is 75.3 Å². The van der Waals surface area contributed by atoms with Crippen LogP contribution in [0.5, 0.6) is 0 Å². The number of benzene rings is 1. The zero-order chi connectivity index (χ0) is 26.6. The normalized spacial score (nSPS) is 21.2. The largest absolute Gasteiger partial charge is 0.389 e. The van der Waals surface area contributed by atoms with Gasteiger partial charge in [0.05, 0.1) is 6.10 Å². The number of carbonyl (C=O) groups is 2. The third-order valence-corrected chi connectivity index (χ3v) is 8.37. The third kappa shape index (κ3) is 9.44. The van der Waals surface area contributed by atoms with Gasteiger partial charge in [0.2, 0.25) is 5.91 Å². The number of piperazine rings is 1. The van der Waals surface area contributed by atoms with E-state index in [1.807, 2.05) is 23.1 Å². The van der Waals surface area contributed by atoms with Gasteiger partial charge in [0.25, 0.3) is 0 Å². The van der Waals surface area contributed by atoms with Crippen LogP contribution in [-0.2, 0) is 9.59 Å². The molecule has 1 aliphatic carbocycles. The van der Waals surface area contributed by atoms with Crippen LogP contribution in [0, 0.1) is 18.8 Å². The lowest BCUT2D eigenvalue weighted by Crippen LogP contribution is -2.48. The fourth-order valence-corrected chi connectivity index (χ4v) is 5.95. The maximum absolute atomic E-state index is 12.7. The second-order valence-electron chi connectivity index (χ2n) is 11.0. The first-order valence-electron chi connectivity index (χ1n) is 14.6. The van der Waals surface area contributed by atoms with Crippen LogP contribution in [-0.4, -0.2) is 54.0 Å². The molecule has 3 rings (SSSR count). The first-order valence-corrected chi connectivity index (χ1v) is 14.9. The number of unbranched alkanes of at least 4 members (excludes halogenated alkanes) is 5. The summed E-state index contributed by atoms with van der Waals surface area (Å²) in [4.78, 5) is 29.5. The number of aryl methyl sites for hydroxylation is 1. The second kappa shape index (κ2) is 15.5. The molecule has 2 aliphatic rings. The van der Waals surface area contributed by atoms with Crippen LogP contribution in [0.2, 0.25) is 5.02 Å². The van der Waals surface area contributed by atoms with Crippen LogP contribution in [0.1, 0.15) is 89.5 Å². The van der Waals surface area contributed by atoms with Gasteiger partial charge in [-0.15, -0.1) is 0 Å². The van der Waals surface area contributed by atoms with E-state index in [9.17, 15) is 14.7 Å². The highest BCUT2D eigenvalue weighted by Crippen LogP contribution is 2.34. The molecule has 1 aliphatic heterocycles. The number of rotatable bonds is 14. The van der Waals surface area contributed by atoms with E-state index in [1.165, 1.54) is 11.3 Å². The topological polar surface area (TPSA) is 60.9 Å². The van der Waals surface area contributed by atoms with E-state index in [4.69, 9.17) is 11.6 Å². The van der Waals surface area contributed by atoms with Crippen LogP contribution in [0.4, 0.5) is 5.69 Å². The van der Waals surface area contributed by atoms with Gasteiger partial charge in [-0.2, -0.15) is 0 Å². The lowest BCUT2D eigenvalue weighted by Gasteiger charge is -2.37. The molecular formula is C31H47ClN2O3. The Labute approximate surface area is 229 Å². The van der Waals surface area contributed by atoms with Gasteiger partial charge in [-0.25, -0.2) is 0 Å². The Bertz CT molecular complexity index is 894. The molecule has 6 heteroatoms. The van der Waals surface area contributed by atoms with Gasteiger partial charge in [-0.3, -0.25) is 9.59 Å². The summed E-state index contributed by atoms with van der Waals surface area (Å²) in [5.41, 5.74) is 2.38. The Morgan fingerprint density at radius 1 is 1.11 bits per heavy atom. The van der Waals surface area contributed by atoms with Crippen molar-refractivity contribution in [3.05, 3.63) is 40.9 Å². The summed E-state index contributed by atoms with van der Waals surface area (Å²) in [5, 5.41) is 10.9. The van der Waals surface area contributed by atoms with Crippen molar-refractivity contribution in [2.75, 3.05) is 31.1 Å². The van der Waals surface area contributed by atoms with Crippen molar-refractivity contribution >= 4 is 29.0 Å². The zero-order valence-corrected chi connectivity index (χ0v) is 23.7. The first-order chi connectivity index (χ1) is 17.9. The molecule has 0 radical (unpaired) electrons. The lowest BCUT2D eigenvalue weighted by atomic mass is 9.89. The lowest BCUT2D eigenvalue weighted by molar-refractivity contribution is -0.131. The highest BCUT2D eigenvalue weighted by molar-refractivity contribution is 6.30. The highest BCUT2D eigenvalue weighted by atomic mass is 35.5. The Morgan fingerprint density at radius 2 is 1.86 bits per heavy atom. The SMILES string of the molecule is CCCCCC(O)C=CC1CCC(=O)C1CCCCCCC(=O)N1CCN(c2cc(Cl)ccc2C)CC1. The molecule has 1 amide bonds. The number of aliphatic hydroxyl groups excluding tert-OH is 1. The summed E-state index contributed by atoms with van der Waals surface area (Å²) in [5.74, 6) is 1.04. The van der Waals surface area contributed by atoms with Gasteiger partial charge in [0.15, 0.2) is 0 Å². The van der Waals surface area contributed by atoms with E-state index in [-0.39, 0.29) is 23.8 Å². The monoisotopic (exact) mass is 530 g/mol. The van der Waals surface area contributed by atoms with E-state index >= 15 is 0 Å². The van der Waals surface area contributed by atoms with Gasteiger partial charge in [0, 0.05) is 55.6 Å². The molecule has 5 nitrogen and oxygen atoms in total. The number of aliphatic hydroxyl groups is 1. The fraction of sp³-hybridized carbons (Fsp3) is 0.677. The molecule has 1 heterocycles. The molecule has 3 atom stereocenters. The molecule has 1 aromatic rings. The average Bonchev–Trinajstić information content (AvgIpc) is 3.25. The number of ketones is 1. The number of carbonyl (C=O) groups excluding carboxylic acids is 2. The first kappa shape index (κ1) is 29.7. The number of nitrogens with zero attached hydrogens (tertiary/aromatic N) is 2. The fourth-order valence-electron chi connectivity index (χ4n) is 5.78. The average molecular weight is 531 g/mol. The highest BCUT2D eigenvalue weighted by Gasteiger charge is 2.32. The maximum atomic E-state index is 12.7. The molecule has 3 unspecified atom stereocenters. The smallest absolute Gasteiger partial charge is 0.222 e. The van der Waals surface area contributed by atoms with Crippen molar-refractivity contribution in [3.63, 3.8) is 0 Å². The predicted molar refractivity (Wildman–Crippen MR) is 153 cm³/mol. The molecule has 1 saturated heterocycles. The maximum Gasteiger partial charge on any atom is 0.222 e. The Kier molecular flexibility index (Phi) is 12.5. The minimum Gasteiger partial charge on any atom is -0.389 e. The van der Waals surface area contributed by atoms with E-state index in [2.05, 4.69) is 30.9 Å². The number of anilines is 1. The van der Waals surface area contributed by atoms with E-state index < -0.39 is 0 Å². The number of allylic oxidation sites excluding steroid dienone is 1. The van der Waals surface area contributed by atoms with Gasteiger partial charge in [-0.05, 0) is 56.2 Å². The number of Topliss-reactive ketones (excluding diaryl/α,β-unsaturated/α-hetero) is 1. The number of hydrogen-bond acceptors (Lipinski definition) is 4. The van der Waals surface area contributed by atoms with Crippen LogP contribution in [0.15, 0.2) is 30.4 Å². The van der Waals surface area contributed by atoms with Crippen LogP contribution < -0.4 is 4.90 Å². The summed E-state index contributed by atoms with van der Waals surface area (Å²) in [6, 6.07) is 5.99. The minimum atomic E-state index is -0.385. The molecule has 0 aromatic heterocycles. The summed E-state index contributed by atoms with van der Waals surface area (Å²) in [7, 11) is 0. The Balaban J connectivity index is 1.29. The predicted octanol–water partition coefficient (Wildman–Crippen LogP) is 6.73. The van der Waals surface area contributed by atoms with Crippen LogP contribution in [0.25, 0.3) is 0 Å². The second-order valence-corrected chi connectivity index (χ2v) is 11.4. The van der Waals surface area contributed by atoms with Crippen molar-refractivity contribution < 1.29 is 14.7 Å². The molecule has 0 bridgehead atoms. The number of halogens is 1. The van der Waals surface area contributed by atoms with Crippen LogP contribution >= 0.6 is 11.6 Å². The minimum absolute atomic E-state index is 0.111. The zero-order valence-electron chi connectivity index (χ0n) is 23.0. The number of amides is 1. The standard InChI is InChI=1S/C31H47ClN2O3/c1-3-4-7-10-27(35)17-14-25-15-18-30(36)28(25)11-8-5-6-9-12-31(37)34-21-19-33(20-22-34)29-23-26(32)16-13-24(29)2/h13-14,16-17,23,25,27-28,35H,3-12,15,18-22H2,1-2H3. The van der Waals surface area contributed by atoms with E-state index in [0.29, 0.717) is 18.6 Å². The molecular weight excluding hydrogens is 484 g/mol. The molecule has 1 saturated carbocycles. The summed E-state index contributed by atoms with van der Waals surface area (Å²) in [6.07, 6.45) is 15.0. The third-order valence-electron chi connectivity index (χ3n) is 8.14. The molecule has 206 valence electrons. The molecule has 1 N–H and O–H groups in total. The molecule has 0 spiro atoms. The van der Waals surface area contributed by atoms with Crippen molar-refractivity contribution in [3.8, 4) is 0 Å². The Morgan fingerprint density at radius 3 is 2.62 bits per heavy atom. The van der Waals surface area contributed by atoms with Gasteiger partial charge in [0.1, 0.15) is 5.78 Å². The van der Waals surface area contributed by atoms with Crippen molar-refractivity contribution in [2.45, 2.75) is 97.0 Å². The molecule has 37 heavy (non-hydrogen) atoms. The van der Waals surface area contributed by atoms with Crippen LogP contribution in [0.3, 0.4) is 0 Å². The van der Waals surface area contributed by atoms with Gasteiger partial charge >= 0.3 is 0 Å². The van der Waals surface area contributed by atoms with E-state index in [1.54, 1.807) is 0 Å². The Hall–Kier alpha value is -1.85. The summed E-state index contributed by atoms with van der Waals surface area (Å²) < 4.78 is 0. The van der Waals surface area contributed by atoms with Crippen molar-refractivity contribution in [1.82, 2.24) is 4.90 Å². The van der Waals surface area contributed by atoms with E-state index in [0.717, 1.165) is 95.4 Å². The summed E-state index contributed by atoms with van der Waals surface area (Å²) in [6.45, 7) is 7.47. The van der Waals surface area contributed by atoms with Crippen molar-refractivity contribution in [2.24, 2.45) is 11.8 Å². The molecule has 1 aromatic carbocycles. The summed E-state index contributed by atoms with van der Waals surface area (Å²) >= 11 is 6.18. The number of hydrogen-bond donors (Lipinski definition) is 1. The quantitative estimate of drug-likeness (QED) is 0.214. The van der Waals surface area contributed by atoms with Crippen molar-refractivity contribution in [1.29, 1.82) is 0 Å². The van der Waals surface area contributed by atoms with Gasteiger partial charge < -0.3 is 14.9 Å². The molecule has 2 fully saturated rings.